The van der Waals surface area contributed by atoms with Gasteiger partial charge < -0.3 is 14.7 Å². The van der Waals surface area contributed by atoms with Crippen LogP contribution < -0.4 is 0 Å². The van der Waals surface area contributed by atoms with Gasteiger partial charge in [-0.25, -0.2) is 9.59 Å². The molecular formula is C14H21N3O4. The SMILES string of the molecule is CC(C)(C)CCOC(=O)N1CCc2[nH]nc(C(=O)O)c2C1. The molecule has 2 heterocycles. The molecule has 1 amide bonds. The summed E-state index contributed by atoms with van der Waals surface area (Å²) >= 11 is 0. The summed E-state index contributed by atoms with van der Waals surface area (Å²) in [5.41, 5.74) is 1.45. The molecule has 0 spiro atoms. The molecule has 0 atom stereocenters. The number of carboxylic acid groups (broad SMARTS) is 1. The molecule has 116 valence electrons. The Labute approximate surface area is 123 Å². The minimum Gasteiger partial charge on any atom is -0.476 e. The van der Waals surface area contributed by atoms with Crippen LogP contribution in [0.1, 0.15) is 48.9 Å². The number of carbonyl (C=O) groups excluding carboxylic acids is 1. The number of H-pyrrole nitrogens is 1. The van der Waals surface area contributed by atoms with Crippen LogP contribution in [-0.2, 0) is 17.7 Å². The van der Waals surface area contributed by atoms with E-state index in [1.807, 2.05) is 0 Å². The molecule has 0 unspecified atom stereocenters. The summed E-state index contributed by atoms with van der Waals surface area (Å²) < 4.78 is 5.26. The third-order valence-electron chi connectivity index (χ3n) is 3.47. The van der Waals surface area contributed by atoms with Crippen molar-refractivity contribution < 1.29 is 19.4 Å². The van der Waals surface area contributed by atoms with Crippen molar-refractivity contribution in [2.45, 2.75) is 40.2 Å². The van der Waals surface area contributed by atoms with Crippen LogP contribution in [0.2, 0.25) is 0 Å². The summed E-state index contributed by atoms with van der Waals surface area (Å²) in [5.74, 6) is -1.09. The van der Waals surface area contributed by atoms with Crippen LogP contribution in [0.3, 0.4) is 0 Å². The van der Waals surface area contributed by atoms with Crippen LogP contribution >= 0.6 is 0 Å². The third-order valence-corrected chi connectivity index (χ3v) is 3.47. The Bertz CT molecular complexity index is 545. The molecule has 1 aromatic rings. The molecule has 2 N–H and O–H groups in total. The molecule has 1 aliphatic rings. The van der Waals surface area contributed by atoms with Crippen LogP contribution in [0.5, 0.6) is 0 Å². The number of nitrogens with one attached hydrogen (secondary N) is 1. The molecule has 7 nitrogen and oxygen atoms in total. The minimum absolute atomic E-state index is 0.0165. The van der Waals surface area contributed by atoms with Gasteiger partial charge in [0.25, 0.3) is 0 Å². The minimum atomic E-state index is -1.09. The maximum Gasteiger partial charge on any atom is 0.410 e. The van der Waals surface area contributed by atoms with Gasteiger partial charge in [-0.3, -0.25) is 5.10 Å². The van der Waals surface area contributed by atoms with E-state index in [9.17, 15) is 9.59 Å². The second kappa shape index (κ2) is 5.75. The molecule has 0 aromatic carbocycles. The zero-order valence-electron chi connectivity index (χ0n) is 12.6. The van der Waals surface area contributed by atoms with Gasteiger partial charge in [0, 0.05) is 24.2 Å². The van der Waals surface area contributed by atoms with E-state index < -0.39 is 12.1 Å². The van der Waals surface area contributed by atoms with Gasteiger partial charge in [-0.2, -0.15) is 5.10 Å². The second-order valence-corrected chi connectivity index (χ2v) is 6.43. The number of carbonyl (C=O) groups is 2. The topological polar surface area (TPSA) is 95.5 Å². The van der Waals surface area contributed by atoms with Gasteiger partial charge in [0.05, 0.1) is 13.2 Å². The average Bonchev–Trinajstić information content (AvgIpc) is 2.79. The predicted octanol–water partition coefficient (Wildman–Crippen LogP) is 2.04. The molecule has 0 saturated heterocycles. The van der Waals surface area contributed by atoms with Gasteiger partial charge >= 0.3 is 12.1 Å². The lowest BCUT2D eigenvalue weighted by Gasteiger charge is -2.27. The molecule has 0 bridgehead atoms. The van der Waals surface area contributed by atoms with E-state index in [1.165, 1.54) is 4.90 Å². The summed E-state index contributed by atoms with van der Waals surface area (Å²) in [6.45, 7) is 7.34. The molecule has 0 aliphatic carbocycles. The van der Waals surface area contributed by atoms with Crippen molar-refractivity contribution in [2.24, 2.45) is 5.41 Å². The lowest BCUT2D eigenvalue weighted by Crippen LogP contribution is -2.37. The maximum atomic E-state index is 12.0. The number of fused-ring (bicyclic) bond motifs is 1. The van der Waals surface area contributed by atoms with Crippen LogP contribution in [0.15, 0.2) is 0 Å². The van der Waals surface area contributed by atoms with Crippen LogP contribution in [0, 0.1) is 5.41 Å². The Hall–Kier alpha value is -2.05. The number of nitrogens with zero attached hydrogens (tertiary/aromatic N) is 2. The van der Waals surface area contributed by atoms with Gasteiger partial charge in [0.2, 0.25) is 0 Å². The highest BCUT2D eigenvalue weighted by Crippen LogP contribution is 2.22. The number of rotatable bonds is 3. The number of ether oxygens (including phenoxy) is 1. The van der Waals surface area contributed by atoms with Crippen LogP contribution in [0.25, 0.3) is 0 Å². The van der Waals surface area contributed by atoms with E-state index in [-0.39, 0.29) is 17.7 Å². The fraction of sp³-hybridized carbons (Fsp3) is 0.643. The van der Waals surface area contributed by atoms with E-state index in [0.29, 0.717) is 25.1 Å². The Morgan fingerprint density at radius 1 is 1.43 bits per heavy atom. The molecule has 0 radical (unpaired) electrons. The van der Waals surface area contributed by atoms with Crippen molar-refractivity contribution in [1.82, 2.24) is 15.1 Å². The monoisotopic (exact) mass is 295 g/mol. The van der Waals surface area contributed by atoms with Crippen molar-refractivity contribution in [3.8, 4) is 0 Å². The summed E-state index contributed by atoms with van der Waals surface area (Å²) in [4.78, 5) is 24.6. The number of aromatic carboxylic acids is 1. The highest BCUT2D eigenvalue weighted by atomic mass is 16.6. The number of amides is 1. The lowest BCUT2D eigenvalue weighted by atomic mass is 9.93. The molecule has 0 saturated carbocycles. The number of aromatic amines is 1. The van der Waals surface area contributed by atoms with E-state index in [1.54, 1.807) is 0 Å². The first kappa shape index (κ1) is 15.3. The molecule has 21 heavy (non-hydrogen) atoms. The first-order chi connectivity index (χ1) is 9.78. The van der Waals surface area contributed by atoms with Gasteiger partial charge in [0.1, 0.15) is 0 Å². The Morgan fingerprint density at radius 3 is 2.76 bits per heavy atom. The first-order valence-corrected chi connectivity index (χ1v) is 6.99. The van der Waals surface area contributed by atoms with E-state index in [0.717, 1.165) is 12.1 Å². The van der Waals surface area contributed by atoms with Gasteiger partial charge in [0.15, 0.2) is 5.69 Å². The third kappa shape index (κ3) is 3.74. The maximum absolute atomic E-state index is 12.0. The smallest absolute Gasteiger partial charge is 0.410 e. The summed E-state index contributed by atoms with van der Waals surface area (Å²) in [6, 6.07) is 0. The number of carboxylic acids is 1. The Kier molecular flexibility index (Phi) is 4.20. The summed E-state index contributed by atoms with van der Waals surface area (Å²) in [5, 5.41) is 15.6. The molecule has 1 aliphatic heterocycles. The number of hydrogen-bond acceptors (Lipinski definition) is 4. The van der Waals surface area contributed by atoms with Gasteiger partial charge in [-0.1, -0.05) is 20.8 Å². The standard InChI is InChI=1S/C14H21N3O4/c1-14(2,3)5-7-21-13(20)17-6-4-10-9(8-17)11(12(18)19)16-15-10/h4-8H2,1-3H3,(H,15,16)(H,18,19). The highest BCUT2D eigenvalue weighted by molar-refractivity contribution is 5.87. The van der Waals surface area contributed by atoms with E-state index in [4.69, 9.17) is 9.84 Å². The van der Waals surface area contributed by atoms with E-state index >= 15 is 0 Å². The zero-order valence-corrected chi connectivity index (χ0v) is 12.6. The van der Waals surface area contributed by atoms with Crippen molar-refractivity contribution in [3.05, 3.63) is 17.0 Å². The number of hydrogen-bond donors (Lipinski definition) is 2. The zero-order chi connectivity index (χ0) is 15.6. The van der Waals surface area contributed by atoms with Gasteiger partial charge in [-0.15, -0.1) is 0 Å². The first-order valence-electron chi connectivity index (χ1n) is 6.99. The molecule has 2 rings (SSSR count). The van der Waals surface area contributed by atoms with Crippen molar-refractivity contribution in [2.75, 3.05) is 13.2 Å². The van der Waals surface area contributed by atoms with Crippen molar-refractivity contribution in [1.29, 1.82) is 0 Å². The van der Waals surface area contributed by atoms with E-state index in [2.05, 4.69) is 31.0 Å². The normalized spacial score (nSPS) is 14.7. The largest absolute Gasteiger partial charge is 0.476 e. The Morgan fingerprint density at radius 2 is 2.14 bits per heavy atom. The fourth-order valence-electron chi connectivity index (χ4n) is 2.16. The van der Waals surface area contributed by atoms with Crippen LogP contribution in [-0.4, -0.2) is 45.4 Å². The molecule has 0 fully saturated rings. The van der Waals surface area contributed by atoms with Gasteiger partial charge in [-0.05, 0) is 11.8 Å². The quantitative estimate of drug-likeness (QED) is 0.889. The second-order valence-electron chi connectivity index (χ2n) is 6.43. The summed E-state index contributed by atoms with van der Waals surface area (Å²) in [6.07, 6.45) is 0.941. The average molecular weight is 295 g/mol. The van der Waals surface area contributed by atoms with Crippen molar-refractivity contribution >= 4 is 12.1 Å². The number of aromatic nitrogens is 2. The molecule has 7 heteroatoms. The van der Waals surface area contributed by atoms with Crippen molar-refractivity contribution in [3.63, 3.8) is 0 Å². The molecule has 1 aromatic heterocycles. The predicted molar refractivity (Wildman–Crippen MR) is 75.1 cm³/mol. The fourth-order valence-corrected chi connectivity index (χ4v) is 2.16. The Balaban J connectivity index is 1.96. The summed E-state index contributed by atoms with van der Waals surface area (Å²) in [7, 11) is 0. The van der Waals surface area contributed by atoms with Crippen LogP contribution in [0.4, 0.5) is 4.79 Å². The molecular weight excluding hydrogens is 274 g/mol. The highest BCUT2D eigenvalue weighted by Gasteiger charge is 2.28. The lowest BCUT2D eigenvalue weighted by molar-refractivity contribution is 0.0681.